The summed E-state index contributed by atoms with van der Waals surface area (Å²) in [6, 6.07) is 4.13. The van der Waals surface area contributed by atoms with Gasteiger partial charge in [0.15, 0.2) is 11.5 Å². The number of benzene rings is 1. The Morgan fingerprint density at radius 3 is 2.33 bits per heavy atom. The van der Waals surface area contributed by atoms with Gasteiger partial charge < -0.3 is 18.9 Å². The fourth-order valence-electron chi connectivity index (χ4n) is 2.31. The minimum absolute atomic E-state index is 0.316. The second kappa shape index (κ2) is 8.90. The van der Waals surface area contributed by atoms with Crippen LogP contribution in [0.15, 0.2) is 12.1 Å². The van der Waals surface area contributed by atoms with Crippen LogP contribution in [0.2, 0.25) is 0 Å². The van der Waals surface area contributed by atoms with Crippen LogP contribution in [0.3, 0.4) is 0 Å². The van der Waals surface area contributed by atoms with Crippen molar-refractivity contribution < 1.29 is 18.9 Å². The minimum atomic E-state index is 0.316. The van der Waals surface area contributed by atoms with Gasteiger partial charge in [-0.15, -0.1) is 0 Å². The van der Waals surface area contributed by atoms with Crippen molar-refractivity contribution in [1.82, 2.24) is 0 Å². The van der Waals surface area contributed by atoms with Crippen LogP contribution in [-0.2, 0) is 22.5 Å². The molecule has 1 aromatic carbocycles. The molecule has 0 saturated heterocycles. The van der Waals surface area contributed by atoms with Gasteiger partial charge in [-0.2, -0.15) is 0 Å². The average molecular weight is 294 g/mol. The fourth-order valence-corrected chi connectivity index (χ4v) is 2.31. The van der Waals surface area contributed by atoms with Gasteiger partial charge in [-0.25, -0.2) is 0 Å². The lowest BCUT2D eigenvalue weighted by atomic mass is 10.0. The average Bonchev–Trinajstić information content (AvgIpc) is 2.94. The molecule has 0 amide bonds. The molecule has 0 fully saturated rings. The summed E-state index contributed by atoms with van der Waals surface area (Å²) < 4.78 is 22.1. The van der Waals surface area contributed by atoms with Gasteiger partial charge in [0, 0.05) is 6.61 Å². The molecule has 118 valence electrons. The van der Waals surface area contributed by atoms with Gasteiger partial charge in [0.2, 0.25) is 6.79 Å². The largest absolute Gasteiger partial charge is 0.454 e. The quantitative estimate of drug-likeness (QED) is 0.617. The molecule has 0 saturated carbocycles. The van der Waals surface area contributed by atoms with Gasteiger partial charge in [0.1, 0.15) is 0 Å². The zero-order valence-corrected chi connectivity index (χ0v) is 13.2. The molecule has 21 heavy (non-hydrogen) atoms. The van der Waals surface area contributed by atoms with E-state index >= 15 is 0 Å². The van der Waals surface area contributed by atoms with Crippen molar-refractivity contribution >= 4 is 0 Å². The van der Waals surface area contributed by atoms with Gasteiger partial charge in [-0.3, -0.25) is 0 Å². The molecule has 2 rings (SSSR count). The summed E-state index contributed by atoms with van der Waals surface area (Å²) in [6.45, 7) is 7.37. The predicted molar refractivity (Wildman–Crippen MR) is 81.9 cm³/mol. The van der Waals surface area contributed by atoms with Crippen LogP contribution in [-0.4, -0.2) is 26.6 Å². The normalized spacial score (nSPS) is 12.9. The zero-order valence-electron chi connectivity index (χ0n) is 13.2. The van der Waals surface area contributed by atoms with E-state index in [9.17, 15) is 0 Å². The van der Waals surface area contributed by atoms with Crippen LogP contribution in [0.25, 0.3) is 0 Å². The number of hydrogen-bond acceptors (Lipinski definition) is 4. The Morgan fingerprint density at radius 1 is 0.905 bits per heavy atom. The monoisotopic (exact) mass is 294 g/mol. The van der Waals surface area contributed by atoms with Gasteiger partial charge in [-0.05, 0) is 36.1 Å². The van der Waals surface area contributed by atoms with E-state index in [2.05, 4.69) is 19.9 Å². The first-order valence-electron chi connectivity index (χ1n) is 7.92. The van der Waals surface area contributed by atoms with E-state index in [1.807, 2.05) is 6.07 Å². The smallest absolute Gasteiger partial charge is 0.231 e. The number of hydrogen-bond donors (Lipinski definition) is 0. The molecular weight excluding hydrogens is 268 g/mol. The van der Waals surface area contributed by atoms with Crippen molar-refractivity contribution in [3.63, 3.8) is 0 Å². The summed E-state index contributed by atoms with van der Waals surface area (Å²) in [6.07, 6.45) is 4.41. The highest BCUT2D eigenvalue weighted by Crippen LogP contribution is 2.35. The summed E-state index contributed by atoms with van der Waals surface area (Å²) in [5, 5.41) is 0. The Morgan fingerprint density at radius 2 is 1.62 bits per heavy atom. The Kier molecular flexibility index (Phi) is 6.83. The summed E-state index contributed by atoms with van der Waals surface area (Å²) in [5.74, 6) is 1.68. The first-order chi connectivity index (χ1) is 10.3. The highest BCUT2D eigenvalue weighted by Gasteiger charge is 2.16. The van der Waals surface area contributed by atoms with Gasteiger partial charge in [0.05, 0.1) is 19.8 Å². The van der Waals surface area contributed by atoms with E-state index in [-0.39, 0.29) is 0 Å². The predicted octanol–water partition coefficient (Wildman–Crippen LogP) is 3.70. The first kappa shape index (κ1) is 16.1. The highest BCUT2D eigenvalue weighted by atomic mass is 16.7. The van der Waals surface area contributed by atoms with Crippen LogP contribution in [0, 0.1) is 0 Å². The number of unbranched alkanes of at least 4 members (excludes halogenated alkanes) is 1. The molecule has 0 bridgehead atoms. The van der Waals surface area contributed by atoms with Crippen LogP contribution in [0.5, 0.6) is 11.5 Å². The summed E-state index contributed by atoms with van der Waals surface area (Å²) >= 11 is 0. The molecule has 0 aromatic heterocycles. The summed E-state index contributed by atoms with van der Waals surface area (Å²) in [4.78, 5) is 0. The fraction of sp³-hybridized carbons (Fsp3) is 0.647. The third-order valence-corrected chi connectivity index (χ3v) is 3.49. The lowest BCUT2D eigenvalue weighted by molar-refractivity contribution is 0.0394. The van der Waals surface area contributed by atoms with E-state index in [1.54, 1.807) is 0 Å². The second-order valence-electron chi connectivity index (χ2n) is 5.24. The van der Waals surface area contributed by atoms with Gasteiger partial charge >= 0.3 is 0 Å². The lowest BCUT2D eigenvalue weighted by Gasteiger charge is -2.11. The molecule has 1 aliphatic heterocycles. The Hall–Kier alpha value is -1.26. The SMILES string of the molecule is CCCCOCCOCc1cc2c(cc1CCC)OCO2. The third kappa shape index (κ3) is 4.90. The topological polar surface area (TPSA) is 36.9 Å². The molecular formula is C17H26O4. The number of aryl methyl sites for hydroxylation is 1. The summed E-state index contributed by atoms with van der Waals surface area (Å²) in [7, 11) is 0. The molecule has 4 heteroatoms. The van der Waals surface area contributed by atoms with E-state index < -0.39 is 0 Å². The molecule has 0 unspecified atom stereocenters. The van der Waals surface area contributed by atoms with Crippen LogP contribution in [0.1, 0.15) is 44.2 Å². The maximum Gasteiger partial charge on any atom is 0.231 e. The zero-order chi connectivity index (χ0) is 14.9. The molecule has 1 heterocycles. The van der Waals surface area contributed by atoms with Crippen molar-refractivity contribution in [2.75, 3.05) is 26.6 Å². The van der Waals surface area contributed by atoms with E-state index in [1.165, 1.54) is 17.5 Å². The molecule has 0 aliphatic carbocycles. The molecule has 4 nitrogen and oxygen atoms in total. The first-order valence-corrected chi connectivity index (χ1v) is 7.92. The van der Waals surface area contributed by atoms with Crippen LogP contribution < -0.4 is 9.47 Å². The maximum absolute atomic E-state index is 5.73. The second-order valence-corrected chi connectivity index (χ2v) is 5.24. The van der Waals surface area contributed by atoms with Crippen molar-refractivity contribution in [3.05, 3.63) is 23.3 Å². The van der Waals surface area contributed by atoms with Crippen molar-refractivity contribution in [2.24, 2.45) is 0 Å². The lowest BCUT2D eigenvalue weighted by Crippen LogP contribution is -2.06. The van der Waals surface area contributed by atoms with Gasteiger partial charge in [-0.1, -0.05) is 26.7 Å². The van der Waals surface area contributed by atoms with E-state index in [0.717, 1.165) is 37.4 Å². The van der Waals surface area contributed by atoms with Crippen LogP contribution in [0.4, 0.5) is 0 Å². The van der Waals surface area contributed by atoms with Gasteiger partial charge in [0.25, 0.3) is 0 Å². The standard InChI is InChI=1S/C17H26O4/c1-3-5-7-18-8-9-19-12-15-11-17-16(20-13-21-17)10-14(15)6-4-2/h10-11H,3-9,12-13H2,1-2H3. The van der Waals surface area contributed by atoms with E-state index in [4.69, 9.17) is 18.9 Å². The maximum atomic E-state index is 5.73. The molecule has 0 spiro atoms. The Bertz CT molecular complexity index is 431. The number of fused-ring (bicyclic) bond motifs is 1. The van der Waals surface area contributed by atoms with Crippen molar-refractivity contribution in [3.8, 4) is 11.5 Å². The molecule has 0 radical (unpaired) electrons. The van der Waals surface area contributed by atoms with Crippen LogP contribution >= 0.6 is 0 Å². The Labute approximate surface area is 127 Å². The minimum Gasteiger partial charge on any atom is -0.454 e. The molecule has 1 aliphatic rings. The van der Waals surface area contributed by atoms with E-state index in [0.29, 0.717) is 26.6 Å². The molecule has 0 N–H and O–H groups in total. The number of rotatable bonds is 10. The number of ether oxygens (including phenoxy) is 4. The molecule has 0 atom stereocenters. The third-order valence-electron chi connectivity index (χ3n) is 3.49. The highest BCUT2D eigenvalue weighted by molar-refractivity contribution is 5.48. The molecule has 1 aromatic rings. The Balaban J connectivity index is 1.81. The van der Waals surface area contributed by atoms with Crippen molar-refractivity contribution in [2.45, 2.75) is 46.1 Å². The summed E-state index contributed by atoms with van der Waals surface area (Å²) in [5.41, 5.74) is 2.48. The van der Waals surface area contributed by atoms with Crippen molar-refractivity contribution in [1.29, 1.82) is 0 Å².